The number of hydrogen-bond donors (Lipinski definition) is 2. The molecule has 0 unspecified atom stereocenters. The van der Waals surface area contributed by atoms with Gasteiger partial charge >= 0.3 is 0 Å². The fraction of sp³-hybridized carbons (Fsp3) is 0.538. The van der Waals surface area contributed by atoms with E-state index in [4.69, 9.17) is 10.8 Å². The highest BCUT2D eigenvalue weighted by Gasteiger charge is 2.12. The van der Waals surface area contributed by atoms with E-state index in [1.165, 1.54) is 6.07 Å². The van der Waals surface area contributed by atoms with Crippen molar-refractivity contribution >= 4 is 0 Å². The van der Waals surface area contributed by atoms with E-state index < -0.39 is 0 Å². The van der Waals surface area contributed by atoms with Crippen LogP contribution in [0.25, 0.3) is 0 Å². The Balaban J connectivity index is 2.84. The number of nitrogens with two attached hydrogens (primary N) is 1. The van der Waals surface area contributed by atoms with Crippen LogP contribution in [0.5, 0.6) is 0 Å². The topological polar surface area (TPSA) is 49.5 Å². The second-order valence-corrected chi connectivity index (χ2v) is 4.42. The molecule has 4 heteroatoms. The summed E-state index contributed by atoms with van der Waals surface area (Å²) in [5.41, 5.74) is 7.10. The third kappa shape index (κ3) is 4.07. The van der Waals surface area contributed by atoms with Gasteiger partial charge in [0.25, 0.3) is 0 Å². The first-order chi connectivity index (χ1) is 8.08. The zero-order valence-electron chi connectivity index (χ0n) is 10.5. The molecule has 1 rings (SSSR count). The van der Waals surface area contributed by atoms with Gasteiger partial charge in [-0.05, 0) is 25.5 Å². The van der Waals surface area contributed by atoms with Crippen molar-refractivity contribution in [2.45, 2.75) is 33.0 Å². The number of aliphatic hydroxyl groups excluding tert-OH is 1. The minimum Gasteiger partial charge on any atom is -0.395 e. The minimum atomic E-state index is -0.217. The summed E-state index contributed by atoms with van der Waals surface area (Å²) in [5.74, 6) is -0.217. The Labute approximate surface area is 102 Å². The summed E-state index contributed by atoms with van der Waals surface area (Å²) in [6.07, 6.45) is 0. The number of nitrogens with zero attached hydrogens (tertiary/aromatic N) is 1. The highest BCUT2D eigenvalue weighted by molar-refractivity contribution is 5.25. The maximum absolute atomic E-state index is 13.6. The van der Waals surface area contributed by atoms with Gasteiger partial charge in [-0.2, -0.15) is 0 Å². The minimum absolute atomic E-state index is 0.0797. The van der Waals surface area contributed by atoms with Crippen LogP contribution in [0.15, 0.2) is 18.2 Å². The van der Waals surface area contributed by atoms with Crippen LogP contribution in [0, 0.1) is 5.82 Å². The summed E-state index contributed by atoms with van der Waals surface area (Å²) in [6.45, 7) is 5.59. The van der Waals surface area contributed by atoms with Crippen molar-refractivity contribution in [1.29, 1.82) is 0 Å². The van der Waals surface area contributed by atoms with E-state index in [-0.39, 0.29) is 18.5 Å². The third-order valence-corrected chi connectivity index (χ3v) is 2.84. The van der Waals surface area contributed by atoms with Crippen LogP contribution in [0.3, 0.4) is 0 Å². The Morgan fingerprint density at radius 2 is 2.12 bits per heavy atom. The van der Waals surface area contributed by atoms with Crippen molar-refractivity contribution in [3.63, 3.8) is 0 Å². The standard InChI is InChI=1S/C13H21FN2O/c1-10(2)16(5-6-17)9-12-7-11(8-15)3-4-13(12)14/h3-4,7,10,17H,5-6,8-9,15H2,1-2H3. The van der Waals surface area contributed by atoms with E-state index in [1.807, 2.05) is 18.7 Å². The van der Waals surface area contributed by atoms with E-state index in [0.717, 1.165) is 5.56 Å². The summed E-state index contributed by atoms with van der Waals surface area (Å²) in [7, 11) is 0. The molecular formula is C13H21FN2O. The Bertz CT molecular complexity index is 355. The van der Waals surface area contributed by atoms with Gasteiger partial charge in [0.2, 0.25) is 0 Å². The molecule has 0 saturated carbocycles. The van der Waals surface area contributed by atoms with Crippen LogP contribution >= 0.6 is 0 Å². The second-order valence-electron chi connectivity index (χ2n) is 4.42. The van der Waals surface area contributed by atoms with E-state index in [0.29, 0.717) is 25.2 Å². The molecule has 3 N–H and O–H groups in total. The Hall–Kier alpha value is -0.970. The largest absolute Gasteiger partial charge is 0.395 e. The molecule has 0 amide bonds. The van der Waals surface area contributed by atoms with Crippen molar-refractivity contribution < 1.29 is 9.50 Å². The van der Waals surface area contributed by atoms with Gasteiger partial charge in [-0.1, -0.05) is 12.1 Å². The Morgan fingerprint density at radius 3 is 2.65 bits per heavy atom. The van der Waals surface area contributed by atoms with Crippen LogP contribution in [-0.2, 0) is 13.1 Å². The lowest BCUT2D eigenvalue weighted by molar-refractivity contribution is 0.158. The molecule has 0 spiro atoms. The van der Waals surface area contributed by atoms with Gasteiger partial charge in [-0.25, -0.2) is 4.39 Å². The zero-order chi connectivity index (χ0) is 12.8. The van der Waals surface area contributed by atoms with Crippen LogP contribution < -0.4 is 5.73 Å². The lowest BCUT2D eigenvalue weighted by atomic mass is 10.1. The number of halogens is 1. The molecule has 0 aromatic heterocycles. The lowest BCUT2D eigenvalue weighted by Gasteiger charge is -2.25. The molecule has 3 nitrogen and oxygen atoms in total. The average molecular weight is 240 g/mol. The Kier molecular flexibility index (Phi) is 5.55. The molecule has 0 aliphatic heterocycles. The number of benzene rings is 1. The average Bonchev–Trinajstić information content (AvgIpc) is 2.31. The van der Waals surface area contributed by atoms with E-state index >= 15 is 0 Å². The van der Waals surface area contributed by atoms with Crippen molar-refractivity contribution in [2.24, 2.45) is 5.73 Å². The van der Waals surface area contributed by atoms with Crippen LogP contribution in [-0.4, -0.2) is 29.2 Å². The molecule has 0 aliphatic rings. The summed E-state index contributed by atoms with van der Waals surface area (Å²) in [5, 5.41) is 8.98. The van der Waals surface area contributed by atoms with Crippen molar-refractivity contribution in [3.05, 3.63) is 35.1 Å². The number of hydrogen-bond acceptors (Lipinski definition) is 3. The first-order valence-electron chi connectivity index (χ1n) is 5.90. The van der Waals surface area contributed by atoms with Gasteiger partial charge in [0, 0.05) is 31.2 Å². The quantitative estimate of drug-likeness (QED) is 0.792. The zero-order valence-corrected chi connectivity index (χ0v) is 10.5. The van der Waals surface area contributed by atoms with Gasteiger partial charge in [0.1, 0.15) is 5.82 Å². The molecule has 0 fully saturated rings. The molecule has 0 radical (unpaired) electrons. The van der Waals surface area contributed by atoms with Gasteiger partial charge in [-0.3, -0.25) is 4.90 Å². The van der Waals surface area contributed by atoms with Gasteiger partial charge < -0.3 is 10.8 Å². The summed E-state index contributed by atoms with van der Waals surface area (Å²) in [6, 6.07) is 5.21. The first-order valence-corrected chi connectivity index (χ1v) is 5.90. The van der Waals surface area contributed by atoms with Crippen molar-refractivity contribution in [2.75, 3.05) is 13.2 Å². The van der Waals surface area contributed by atoms with E-state index in [1.54, 1.807) is 12.1 Å². The van der Waals surface area contributed by atoms with Crippen molar-refractivity contribution in [3.8, 4) is 0 Å². The van der Waals surface area contributed by atoms with Crippen molar-refractivity contribution in [1.82, 2.24) is 4.90 Å². The molecule has 0 bridgehead atoms. The molecule has 0 aliphatic carbocycles. The summed E-state index contributed by atoms with van der Waals surface area (Å²) >= 11 is 0. The predicted molar refractivity (Wildman–Crippen MR) is 66.9 cm³/mol. The molecule has 0 atom stereocenters. The smallest absolute Gasteiger partial charge is 0.127 e. The van der Waals surface area contributed by atoms with E-state index in [9.17, 15) is 4.39 Å². The molecule has 1 aromatic carbocycles. The highest BCUT2D eigenvalue weighted by atomic mass is 19.1. The fourth-order valence-corrected chi connectivity index (χ4v) is 1.74. The number of aliphatic hydroxyl groups is 1. The molecule has 1 aromatic rings. The SMILES string of the molecule is CC(C)N(CCO)Cc1cc(CN)ccc1F. The maximum Gasteiger partial charge on any atom is 0.127 e. The number of rotatable bonds is 6. The van der Waals surface area contributed by atoms with Crippen LogP contribution in [0.2, 0.25) is 0 Å². The van der Waals surface area contributed by atoms with Crippen LogP contribution in [0.4, 0.5) is 4.39 Å². The fourth-order valence-electron chi connectivity index (χ4n) is 1.74. The molecule has 0 heterocycles. The molecule has 0 saturated heterocycles. The highest BCUT2D eigenvalue weighted by Crippen LogP contribution is 2.14. The molecular weight excluding hydrogens is 219 g/mol. The normalized spacial score (nSPS) is 11.5. The first kappa shape index (κ1) is 14.1. The van der Waals surface area contributed by atoms with Gasteiger partial charge in [0.05, 0.1) is 6.61 Å². The predicted octanol–water partition coefficient (Wildman–Crippen LogP) is 1.49. The van der Waals surface area contributed by atoms with Crippen LogP contribution in [0.1, 0.15) is 25.0 Å². The van der Waals surface area contributed by atoms with Gasteiger partial charge in [0.15, 0.2) is 0 Å². The molecule has 96 valence electrons. The van der Waals surface area contributed by atoms with E-state index in [2.05, 4.69) is 0 Å². The lowest BCUT2D eigenvalue weighted by Crippen LogP contribution is -2.33. The summed E-state index contributed by atoms with van der Waals surface area (Å²) in [4.78, 5) is 2.03. The maximum atomic E-state index is 13.6. The van der Waals surface area contributed by atoms with Gasteiger partial charge in [-0.15, -0.1) is 0 Å². The third-order valence-electron chi connectivity index (χ3n) is 2.84. The molecule has 17 heavy (non-hydrogen) atoms. The monoisotopic (exact) mass is 240 g/mol. The Morgan fingerprint density at radius 1 is 1.41 bits per heavy atom. The summed E-state index contributed by atoms with van der Waals surface area (Å²) < 4.78 is 13.6. The second kappa shape index (κ2) is 6.69.